The summed E-state index contributed by atoms with van der Waals surface area (Å²) in [6, 6.07) is 3.91. The van der Waals surface area contributed by atoms with Crippen molar-refractivity contribution in [1.29, 1.82) is 0 Å². The van der Waals surface area contributed by atoms with E-state index in [2.05, 4.69) is 5.32 Å². The predicted molar refractivity (Wildman–Crippen MR) is 71.4 cm³/mol. The molecular weight excluding hydrogens is 264 g/mol. The Balaban J connectivity index is 2.81. The normalized spacial score (nSPS) is 11.6. The first-order valence-electron chi connectivity index (χ1n) is 6.10. The van der Waals surface area contributed by atoms with Gasteiger partial charge in [-0.05, 0) is 32.9 Å². The summed E-state index contributed by atoms with van der Waals surface area (Å²) in [4.78, 5) is 33.4. The Morgan fingerprint density at radius 3 is 2.60 bits per heavy atom. The van der Waals surface area contributed by atoms with Crippen LogP contribution in [0.25, 0.3) is 0 Å². The van der Waals surface area contributed by atoms with Crippen molar-refractivity contribution >= 4 is 17.6 Å². The van der Waals surface area contributed by atoms with Gasteiger partial charge in [0.25, 0.3) is 11.6 Å². The van der Waals surface area contributed by atoms with Gasteiger partial charge >= 0.3 is 5.97 Å². The number of esters is 1. The number of rotatable bonds is 5. The minimum atomic E-state index is -0.919. The van der Waals surface area contributed by atoms with Gasteiger partial charge in [0.2, 0.25) is 0 Å². The Kier molecular flexibility index (Phi) is 5.19. The Hall–Kier alpha value is -2.44. The van der Waals surface area contributed by atoms with E-state index in [0.29, 0.717) is 12.1 Å². The summed E-state index contributed by atoms with van der Waals surface area (Å²) in [6.45, 7) is 5.19. The molecular formula is C13H16N2O5. The van der Waals surface area contributed by atoms with Crippen molar-refractivity contribution in [3.63, 3.8) is 0 Å². The third-order valence-corrected chi connectivity index (χ3v) is 2.63. The van der Waals surface area contributed by atoms with E-state index in [1.54, 1.807) is 6.92 Å². The van der Waals surface area contributed by atoms with E-state index in [1.807, 2.05) is 0 Å². The second kappa shape index (κ2) is 6.65. The summed E-state index contributed by atoms with van der Waals surface area (Å²) in [5, 5.41) is 13.2. The summed E-state index contributed by atoms with van der Waals surface area (Å²) in [7, 11) is 0. The third kappa shape index (κ3) is 3.78. The maximum Gasteiger partial charge on any atom is 0.338 e. The molecule has 20 heavy (non-hydrogen) atoms. The minimum Gasteiger partial charge on any atom is -0.449 e. The Labute approximate surface area is 116 Å². The highest BCUT2D eigenvalue weighted by Crippen LogP contribution is 2.19. The molecule has 0 aliphatic carbocycles. The lowest BCUT2D eigenvalue weighted by molar-refractivity contribution is -0.385. The quantitative estimate of drug-likeness (QED) is 0.501. The average Bonchev–Trinajstić information content (AvgIpc) is 2.38. The highest BCUT2D eigenvalue weighted by atomic mass is 16.6. The molecule has 0 aliphatic rings. The van der Waals surface area contributed by atoms with Crippen molar-refractivity contribution in [2.75, 3.05) is 6.54 Å². The van der Waals surface area contributed by atoms with Crippen molar-refractivity contribution in [2.24, 2.45) is 0 Å². The van der Waals surface area contributed by atoms with E-state index in [-0.39, 0.29) is 17.2 Å². The van der Waals surface area contributed by atoms with Crippen LogP contribution in [0.5, 0.6) is 0 Å². The highest BCUT2D eigenvalue weighted by Gasteiger charge is 2.20. The molecule has 108 valence electrons. The third-order valence-electron chi connectivity index (χ3n) is 2.63. The summed E-state index contributed by atoms with van der Waals surface area (Å²) in [6.07, 6.45) is -0.919. The fourth-order valence-electron chi connectivity index (χ4n) is 1.59. The van der Waals surface area contributed by atoms with Crippen molar-refractivity contribution in [3.8, 4) is 0 Å². The fourth-order valence-corrected chi connectivity index (χ4v) is 1.59. The van der Waals surface area contributed by atoms with Gasteiger partial charge in [-0.1, -0.05) is 0 Å². The van der Waals surface area contributed by atoms with Gasteiger partial charge in [-0.15, -0.1) is 0 Å². The first kappa shape index (κ1) is 15.6. The molecule has 1 N–H and O–H groups in total. The van der Waals surface area contributed by atoms with Crippen LogP contribution >= 0.6 is 0 Å². The number of nitrogens with zero attached hydrogens (tertiary/aromatic N) is 1. The number of benzene rings is 1. The summed E-state index contributed by atoms with van der Waals surface area (Å²) >= 11 is 0. The van der Waals surface area contributed by atoms with Crippen LogP contribution in [-0.2, 0) is 9.53 Å². The van der Waals surface area contributed by atoms with Crippen molar-refractivity contribution in [1.82, 2.24) is 5.32 Å². The second-order valence-corrected chi connectivity index (χ2v) is 4.20. The molecule has 0 bridgehead atoms. The number of ether oxygens (including phenoxy) is 1. The van der Waals surface area contributed by atoms with Gasteiger partial charge in [-0.25, -0.2) is 4.79 Å². The van der Waals surface area contributed by atoms with Gasteiger partial charge in [0.15, 0.2) is 6.10 Å². The zero-order valence-electron chi connectivity index (χ0n) is 11.5. The summed E-state index contributed by atoms with van der Waals surface area (Å²) in [5.41, 5.74) is 0.456. The predicted octanol–water partition coefficient (Wildman–Crippen LogP) is 1.58. The molecule has 1 aromatic carbocycles. The lowest BCUT2D eigenvalue weighted by Crippen LogP contribution is -2.35. The number of aryl methyl sites for hydroxylation is 1. The lowest BCUT2D eigenvalue weighted by atomic mass is 10.1. The SMILES string of the molecule is CCNC(=O)[C@H](C)OC(=O)c1ccc([N+](=O)[O-])c(C)c1. The van der Waals surface area contributed by atoms with Crippen LogP contribution in [0, 0.1) is 17.0 Å². The van der Waals surface area contributed by atoms with Crippen molar-refractivity contribution < 1.29 is 19.2 Å². The summed E-state index contributed by atoms with van der Waals surface area (Å²) in [5.74, 6) is -1.08. The lowest BCUT2D eigenvalue weighted by Gasteiger charge is -2.12. The molecule has 0 saturated carbocycles. The van der Waals surface area contributed by atoms with Gasteiger partial charge < -0.3 is 10.1 Å². The molecule has 0 heterocycles. The van der Waals surface area contributed by atoms with E-state index in [9.17, 15) is 19.7 Å². The van der Waals surface area contributed by atoms with Crippen LogP contribution in [0.1, 0.15) is 29.8 Å². The van der Waals surface area contributed by atoms with Gasteiger partial charge in [0, 0.05) is 18.2 Å². The molecule has 1 atom stereocenters. The van der Waals surface area contributed by atoms with Gasteiger partial charge in [-0.2, -0.15) is 0 Å². The number of nitro groups is 1. The van der Waals surface area contributed by atoms with E-state index < -0.39 is 17.0 Å². The number of carbonyl (C=O) groups excluding carboxylic acids is 2. The van der Waals surface area contributed by atoms with Crippen LogP contribution in [0.3, 0.4) is 0 Å². The number of nitro benzene ring substituents is 1. The highest BCUT2D eigenvalue weighted by molar-refractivity contribution is 5.92. The van der Waals surface area contributed by atoms with Gasteiger partial charge in [0.05, 0.1) is 10.5 Å². The summed E-state index contributed by atoms with van der Waals surface area (Å²) < 4.78 is 4.99. The number of hydrogen-bond donors (Lipinski definition) is 1. The standard InChI is InChI=1S/C13H16N2O5/c1-4-14-12(16)9(3)20-13(17)10-5-6-11(15(18)19)8(2)7-10/h5-7,9H,4H2,1-3H3,(H,14,16)/t9-/m0/s1. The van der Waals surface area contributed by atoms with Crippen LogP contribution in [0.15, 0.2) is 18.2 Å². The fraction of sp³-hybridized carbons (Fsp3) is 0.385. The van der Waals surface area contributed by atoms with Gasteiger partial charge in [-0.3, -0.25) is 14.9 Å². The topological polar surface area (TPSA) is 98.5 Å². The Morgan fingerprint density at radius 1 is 1.45 bits per heavy atom. The molecule has 1 rings (SSSR count). The zero-order valence-corrected chi connectivity index (χ0v) is 11.5. The Bertz CT molecular complexity index is 542. The number of hydrogen-bond acceptors (Lipinski definition) is 5. The number of carbonyl (C=O) groups is 2. The van der Waals surface area contributed by atoms with Crippen LogP contribution < -0.4 is 5.32 Å². The molecule has 0 aliphatic heterocycles. The largest absolute Gasteiger partial charge is 0.449 e. The van der Waals surface area contributed by atoms with E-state index in [4.69, 9.17) is 4.74 Å². The number of nitrogens with one attached hydrogen (secondary N) is 1. The van der Waals surface area contributed by atoms with E-state index >= 15 is 0 Å². The van der Waals surface area contributed by atoms with Crippen LogP contribution in [-0.4, -0.2) is 29.4 Å². The van der Waals surface area contributed by atoms with Crippen molar-refractivity contribution in [3.05, 3.63) is 39.4 Å². The smallest absolute Gasteiger partial charge is 0.338 e. The average molecular weight is 280 g/mol. The molecule has 7 nitrogen and oxygen atoms in total. The molecule has 0 fully saturated rings. The van der Waals surface area contributed by atoms with Gasteiger partial charge in [0.1, 0.15) is 0 Å². The van der Waals surface area contributed by atoms with Crippen LogP contribution in [0.4, 0.5) is 5.69 Å². The molecule has 0 aromatic heterocycles. The molecule has 0 radical (unpaired) electrons. The molecule has 0 saturated heterocycles. The molecule has 7 heteroatoms. The number of likely N-dealkylation sites (N-methyl/N-ethyl adjacent to an activating group) is 1. The molecule has 1 aromatic rings. The van der Waals surface area contributed by atoms with E-state index in [1.165, 1.54) is 32.0 Å². The minimum absolute atomic E-state index is 0.0710. The molecule has 1 amide bonds. The first-order chi connectivity index (χ1) is 9.36. The first-order valence-corrected chi connectivity index (χ1v) is 6.10. The van der Waals surface area contributed by atoms with E-state index in [0.717, 1.165) is 0 Å². The monoisotopic (exact) mass is 280 g/mol. The Morgan fingerprint density at radius 2 is 2.10 bits per heavy atom. The molecule has 0 spiro atoms. The van der Waals surface area contributed by atoms with Crippen molar-refractivity contribution in [2.45, 2.75) is 26.9 Å². The molecule has 0 unspecified atom stereocenters. The maximum absolute atomic E-state index is 11.8. The second-order valence-electron chi connectivity index (χ2n) is 4.20. The maximum atomic E-state index is 11.8. The zero-order chi connectivity index (χ0) is 15.3. The van der Waals surface area contributed by atoms with Crippen LogP contribution in [0.2, 0.25) is 0 Å². The number of amides is 1.